The van der Waals surface area contributed by atoms with Crippen LogP contribution in [0, 0.1) is 17.7 Å². The number of H-pyrrole nitrogens is 1. The molecule has 1 amide bonds. The Morgan fingerprint density at radius 1 is 1.15 bits per heavy atom. The van der Waals surface area contributed by atoms with Gasteiger partial charge >= 0.3 is 0 Å². The van der Waals surface area contributed by atoms with Crippen molar-refractivity contribution < 1.29 is 9.18 Å². The summed E-state index contributed by atoms with van der Waals surface area (Å²) < 4.78 is 13.1. The second kappa shape index (κ2) is 7.02. The Labute approximate surface area is 151 Å². The molecule has 1 saturated carbocycles. The molecule has 2 aliphatic carbocycles. The number of benzene rings is 1. The van der Waals surface area contributed by atoms with Crippen molar-refractivity contribution in [2.75, 3.05) is 6.54 Å². The lowest BCUT2D eigenvalue weighted by Gasteiger charge is -2.14. The van der Waals surface area contributed by atoms with E-state index in [0.717, 1.165) is 43.4 Å². The molecule has 0 spiro atoms. The molecule has 0 aliphatic heterocycles. The lowest BCUT2D eigenvalue weighted by atomic mass is 10.00. The summed E-state index contributed by atoms with van der Waals surface area (Å²) >= 11 is 0. The Morgan fingerprint density at radius 3 is 2.62 bits per heavy atom. The SMILES string of the molecule is O=C(NCC1CCc2nc(-c3ccc(F)cc3)[nH]c(=O)c2CC1)C1CC1. The van der Waals surface area contributed by atoms with E-state index < -0.39 is 0 Å². The average Bonchev–Trinajstić information content (AvgIpc) is 3.48. The number of aromatic nitrogens is 2. The zero-order valence-electron chi connectivity index (χ0n) is 14.6. The Balaban J connectivity index is 1.48. The molecule has 4 rings (SSSR count). The molecule has 2 aromatic rings. The Kier molecular flexibility index (Phi) is 4.57. The van der Waals surface area contributed by atoms with Crippen LogP contribution in [0.1, 0.15) is 36.9 Å². The van der Waals surface area contributed by atoms with Gasteiger partial charge in [0.15, 0.2) is 0 Å². The number of amides is 1. The summed E-state index contributed by atoms with van der Waals surface area (Å²) in [4.78, 5) is 31.8. The summed E-state index contributed by atoms with van der Waals surface area (Å²) in [7, 11) is 0. The molecule has 5 nitrogen and oxygen atoms in total. The van der Waals surface area contributed by atoms with Crippen molar-refractivity contribution in [1.29, 1.82) is 0 Å². The van der Waals surface area contributed by atoms with Gasteiger partial charge in [0.2, 0.25) is 5.91 Å². The van der Waals surface area contributed by atoms with E-state index in [9.17, 15) is 14.0 Å². The van der Waals surface area contributed by atoms with Crippen molar-refractivity contribution in [1.82, 2.24) is 15.3 Å². The quantitative estimate of drug-likeness (QED) is 0.828. The number of carbonyl (C=O) groups excluding carboxylic acids is 1. The van der Waals surface area contributed by atoms with Crippen LogP contribution in [-0.4, -0.2) is 22.4 Å². The van der Waals surface area contributed by atoms with E-state index in [2.05, 4.69) is 15.3 Å². The van der Waals surface area contributed by atoms with Crippen LogP contribution >= 0.6 is 0 Å². The summed E-state index contributed by atoms with van der Waals surface area (Å²) in [5, 5.41) is 3.05. The van der Waals surface area contributed by atoms with Crippen LogP contribution in [0.15, 0.2) is 29.1 Å². The molecular weight excluding hydrogens is 333 g/mol. The van der Waals surface area contributed by atoms with Crippen LogP contribution < -0.4 is 10.9 Å². The van der Waals surface area contributed by atoms with Crippen LogP contribution in [0.2, 0.25) is 0 Å². The van der Waals surface area contributed by atoms with E-state index in [1.54, 1.807) is 12.1 Å². The van der Waals surface area contributed by atoms with Crippen LogP contribution in [-0.2, 0) is 17.6 Å². The van der Waals surface area contributed by atoms with Crippen LogP contribution in [0.5, 0.6) is 0 Å². The van der Waals surface area contributed by atoms with Crippen molar-refractivity contribution in [2.24, 2.45) is 11.8 Å². The van der Waals surface area contributed by atoms with Gasteiger partial charge in [-0.2, -0.15) is 0 Å². The van der Waals surface area contributed by atoms with Crippen LogP contribution in [0.4, 0.5) is 4.39 Å². The number of fused-ring (bicyclic) bond motifs is 1. The van der Waals surface area contributed by atoms with Crippen molar-refractivity contribution in [2.45, 2.75) is 38.5 Å². The number of nitrogens with one attached hydrogen (secondary N) is 2. The Morgan fingerprint density at radius 2 is 1.88 bits per heavy atom. The summed E-state index contributed by atoms with van der Waals surface area (Å²) in [6.07, 6.45) is 5.18. The smallest absolute Gasteiger partial charge is 0.254 e. The molecule has 6 heteroatoms. The fourth-order valence-electron chi connectivity index (χ4n) is 3.53. The highest BCUT2D eigenvalue weighted by Crippen LogP contribution is 2.29. The molecule has 0 bridgehead atoms. The lowest BCUT2D eigenvalue weighted by molar-refractivity contribution is -0.122. The predicted molar refractivity (Wildman–Crippen MR) is 96.1 cm³/mol. The topological polar surface area (TPSA) is 74.8 Å². The number of halogens is 1. The maximum atomic E-state index is 13.1. The number of hydrogen-bond acceptors (Lipinski definition) is 3. The number of aryl methyl sites for hydroxylation is 1. The van der Waals surface area contributed by atoms with Gasteiger partial charge in [0.05, 0.1) is 5.69 Å². The van der Waals surface area contributed by atoms with Gasteiger partial charge in [-0.3, -0.25) is 9.59 Å². The van der Waals surface area contributed by atoms with Gasteiger partial charge in [0, 0.05) is 23.6 Å². The second-order valence-corrected chi connectivity index (χ2v) is 7.31. The first-order chi connectivity index (χ1) is 12.6. The Bertz CT molecular complexity index is 872. The first-order valence-corrected chi connectivity index (χ1v) is 9.26. The molecular formula is C20H22FN3O2. The highest BCUT2D eigenvalue weighted by Gasteiger charge is 2.30. The molecule has 1 unspecified atom stereocenters. The molecule has 136 valence electrons. The van der Waals surface area contributed by atoms with Gasteiger partial charge in [0.1, 0.15) is 11.6 Å². The summed E-state index contributed by atoms with van der Waals surface area (Å²) in [5.41, 5.74) is 2.15. The fraction of sp³-hybridized carbons (Fsp3) is 0.450. The molecule has 0 saturated heterocycles. The third-order valence-electron chi connectivity index (χ3n) is 5.32. The van der Waals surface area contributed by atoms with Gasteiger partial charge in [-0.1, -0.05) is 0 Å². The lowest BCUT2D eigenvalue weighted by Crippen LogP contribution is -2.30. The Hall–Kier alpha value is -2.50. The standard InChI is InChI=1S/C20H22FN3O2/c21-15-7-5-13(6-8-15)18-23-17-10-2-12(1-9-16(17)20(26)24-18)11-22-19(25)14-3-4-14/h5-8,12,14H,1-4,9-11H2,(H,22,25)(H,23,24,26). The van der Waals surface area contributed by atoms with Crippen molar-refractivity contribution in [3.05, 3.63) is 51.7 Å². The minimum absolute atomic E-state index is 0.114. The zero-order valence-corrected chi connectivity index (χ0v) is 14.6. The normalized spacial score (nSPS) is 19.5. The van der Waals surface area contributed by atoms with E-state index in [0.29, 0.717) is 30.3 Å². The first-order valence-electron chi connectivity index (χ1n) is 9.26. The molecule has 1 heterocycles. The maximum Gasteiger partial charge on any atom is 0.254 e. The van der Waals surface area contributed by atoms with Crippen LogP contribution in [0.25, 0.3) is 11.4 Å². The average molecular weight is 355 g/mol. The minimum atomic E-state index is -0.318. The van der Waals surface area contributed by atoms with Gasteiger partial charge in [-0.15, -0.1) is 0 Å². The van der Waals surface area contributed by atoms with E-state index in [-0.39, 0.29) is 23.2 Å². The summed E-state index contributed by atoms with van der Waals surface area (Å²) in [6.45, 7) is 0.673. The van der Waals surface area contributed by atoms with Gasteiger partial charge < -0.3 is 10.3 Å². The van der Waals surface area contributed by atoms with E-state index in [1.165, 1.54) is 12.1 Å². The third kappa shape index (κ3) is 3.69. The van der Waals surface area contributed by atoms with Crippen molar-refractivity contribution >= 4 is 5.91 Å². The molecule has 1 fully saturated rings. The second-order valence-electron chi connectivity index (χ2n) is 7.31. The highest BCUT2D eigenvalue weighted by molar-refractivity contribution is 5.80. The molecule has 2 aliphatic rings. The van der Waals surface area contributed by atoms with Crippen LogP contribution in [0.3, 0.4) is 0 Å². The van der Waals surface area contributed by atoms with E-state index in [1.807, 2.05) is 0 Å². The van der Waals surface area contributed by atoms with E-state index >= 15 is 0 Å². The fourth-order valence-corrected chi connectivity index (χ4v) is 3.53. The molecule has 0 radical (unpaired) electrons. The third-order valence-corrected chi connectivity index (χ3v) is 5.32. The monoisotopic (exact) mass is 355 g/mol. The number of carbonyl (C=O) groups is 1. The molecule has 1 aromatic carbocycles. The number of aromatic amines is 1. The highest BCUT2D eigenvalue weighted by atomic mass is 19.1. The van der Waals surface area contributed by atoms with Gasteiger partial charge in [0.25, 0.3) is 5.56 Å². The van der Waals surface area contributed by atoms with Gasteiger partial charge in [-0.05, 0) is 68.7 Å². The molecule has 1 aromatic heterocycles. The number of nitrogens with zero attached hydrogens (tertiary/aromatic N) is 1. The van der Waals surface area contributed by atoms with Crippen molar-refractivity contribution in [3.63, 3.8) is 0 Å². The molecule has 2 N–H and O–H groups in total. The minimum Gasteiger partial charge on any atom is -0.356 e. The number of rotatable bonds is 4. The number of hydrogen-bond donors (Lipinski definition) is 2. The zero-order chi connectivity index (χ0) is 18.1. The summed E-state index contributed by atoms with van der Waals surface area (Å²) in [5.74, 6) is 0.916. The largest absolute Gasteiger partial charge is 0.356 e. The predicted octanol–water partition coefficient (Wildman–Crippen LogP) is 2.60. The van der Waals surface area contributed by atoms with E-state index in [4.69, 9.17) is 0 Å². The van der Waals surface area contributed by atoms with Crippen molar-refractivity contribution in [3.8, 4) is 11.4 Å². The molecule has 1 atom stereocenters. The molecule has 26 heavy (non-hydrogen) atoms. The van der Waals surface area contributed by atoms with Gasteiger partial charge in [-0.25, -0.2) is 9.37 Å². The first kappa shape index (κ1) is 16.9. The summed E-state index contributed by atoms with van der Waals surface area (Å²) in [6, 6.07) is 5.96. The maximum absolute atomic E-state index is 13.1.